The fourth-order valence-electron chi connectivity index (χ4n) is 1.89. The molecule has 0 amide bonds. The van der Waals surface area contributed by atoms with E-state index in [1.54, 1.807) is 12.1 Å². The quantitative estimate of drug-likeness (QED) is 0.901. The van der Waals surface area contributed by atoms with Crippen LogP contribution in [0.15, 0.2) is 36.4 Å². The van der Waals surface area contributed by atoms with Crippen LogP contribution in [0.1, 0.15) is 21.5 Å². The number of rotatable bonds is 3. The average Bonchev–Trinajstić information content (AvgIpc) is 2.30. The van der Waals surface area contributed by atoms with Crippen molar-refractivity contribution in [3.63, 3.8) is 0 Å². The first kappa shape index (κ1) is 13.4. The molecule has 2 rings (SSSR count). The van der Waals surface area contributed by atoms with Crippen LogP contribution in [0, 0.1) is 13.8 Å². The highest BCUT2D eigenvalue weighted by Gasteiger charge is 2.15. The molecular formula is C15H13ClO3. The molecule has 0 aliphatic carbocycles. The van der Waals surface area contributed by atoms with Gasteiger partial charge in [-0.1, -0.05) is 23.7 Å². The van der Waals surface area contributed by atoms with Gasteiger partial charge in [0.2, 0.25) is 0 Å². The number of hydrogen-bond donors (Lipinski definition) is 1. The first-order valence-corrected chi connectivity index (χ1v) is 6.13. The first-order chi connectivity index (χ1) is 8.97. The van der Waals surface area contributed by atoms with E-state index in [1.165, 1.54) is 6.07 Å². The van der Waals surface area contributed by atoms with Crippen molar-refractivity contribution in [3.8, 4) is 11.5 Å². The largest absolute Gasteiger partial charge is 0.478 e. The number of halogens is 1. The highest BCUT2D eigenvalue weighted by Crippen LogP contribution is 2.33. The van der Waals surface area contributed by atoms with Gasteiger partial charge in [0.1, 0.15) is 11.3 Å². The van der Waals surface area contributed by atoms with Crippen molar-refractivity contribution >= 4 is 17.6 Å². The van der Waals surface area contributed by atoms with Crippen LogP contribution in [0.3, 0.4) is 0 Å². The van der Waals surface area contributed by atoms with E-state index in [0.717, 1.165) is 11.1 Å². The van der Waals surface area contributed by atoms with E-state index < -0.39 is 5.97 Å². The fraction of sp³-hybridized carbons (Fsp3) is 0.133. The molecule has 0 aliphatic rings. The lowest BCUT2D eigenvalue weighted by molar-refractivity contribution is 0.0694. The minimum absolute atomic E-state index is 0.0478. The van der Waals surface area contributed by atoms with Crippen molar-refractivity contribution in [2.75, 3.05) is 0 Å². The maximum absolute atomic E-state index is 11.2. The second-order valence-electron chi connectivity index (χ2n) is 4.35. The van der Waals surface area contributed by atoms with Gasteiger partial charge >= 0.3 is 5.97 Å². The summed E-state index contributed by atoms with van der Waals surface area (Å²) in [6.07, 6.45) is 0. The zero-order valence-electron chi connectivity index (χ0n) is 10.6. The van der Waals surface area contributed by atoms with Crippen molar-refractivity contribution in [2.45, 2.75) is 13.8 Å². The van der Waals surface area contributed by atoms with Gasteiger partial charge < -0.3 is 9.84 Å². The lowest BCUT2D eigenvalue weighted by atomic mass is 10.1. The number of benzene rings is 2. The number of ether oxygens (including phenoxy) is 1. The summed E-state index contributed by atoms with van der Waals surface area (Å²) in [4.78, 5) is 11.2. The molecule has 0 aliphatic heterocycles. The van der Waals surface area contributed by atoms with Crippen molar-refractivity contribution in [3.05, 3.63) is 58.1 Å². The molecule has 3 nitrogen and oxygen atoms in total. The van der Waals surface area contributed by atoms with Crippen LogP contribution in [-0.4, -0.2) is 11.1 Å². The number of carbonyl (C=O) groups is 1. The zero-order valence-corrected chi connectivity index (χ0v) is 11.4. The molecule has 0 unspecified atom stereocenters. The normalized spacial score (nSPS) is 10.3. The summed E-state index contributed by atoms with van der Waals surface area (Å²) >= 11 is 6.01. The van der Waals surface area contributed by atoms with E-state index >= 15 is 0 Å². The van der Waals surface area contributed by atoms with Crippen LogP contribution in [0.5, 0.6) is 11.5 Å². The van der Waals surface area contributed by atoms with E-state index in [1.807, 2.05) is 32.0 Å². The van der Waals surface area contributed by atoms with Gasteiger partial charge in [0.15, 0.2) is 5.75 Å². The molecule has 0 spiro atoms. The molecule has 0 saturated heterocycles. The van der Waals surface area contributed by atoms with Gasteiger partial charge in [-0.2, -0.15) is 0 Å². The Kier molecular flexibility index (Phi) is 3.76. The van der Waals surface area contributed by atoms with Crippen LogP contribution >= 0.6 is 11.6 Å². The summed E-state index contributed by atoms with van der Waals surface area (Å²) in [5.41, 5.74) is 2.13. The van der Waals surface area contributed by atoms with Gasteiger partial charge in [0.25, 0.3) is 0 Å². The number of carboxylic acids is 1. The lowest BCUT2D eigenvalue weighted by Gasteiger charge is -2.11. The van der Waals surface area contributed by atoms with Crippen LogP contribution in [0.25, 0.3) is 0 Å². The third kappa shape index (κ3) is 3.06. The Balaban J connectivity index is 2.45. The standard InChI is InChI=1S/C15H13ClO3/c1-9-6-10(2)8-11(7-9)19-14-12(15(17)18)4-3-5-13(14)16/h3-8H,1-2H3,(H,17,18). The minimum Gasteiger partial charge on any atom is -0.478 e. The first-order valence-electron chi connectivity index (χ1n) is 5.75. The van der Waals surface area contributed by atoms with Gasteiger partial charge in [-0.05, 0) is 49.2 Å². The summed E-state index contributed by atoms with van der Waals surface area (Å²) < 4.78 is 5.65. The molecule has 0 atom stereocenters. The maximum atomic E-state index is 11.2. The number of aryl methyl sites for hydroxylation is 2. The predicted octanol–water partition coefficient (Wildman–Crippen LogP) is 4.45. The third-order valence-corrected chi connectivity index (χ3v) is 2.91. The van der Waals surface area contributed by atoms with Gasteiger partial charge in [-0.25, -0.2) is 4.79 Å². The van der Waals surface area contributed by atoms with E-state index in [-0.39, 0.29) is 16.3 Å². The molecule has 19 heavy (non-hydrogen) atoms. The van der Waals surface area contributed by atoms with Crippen LogP contribution in [-0.2, 0) is 0 Å². The second-order valence-corrected chi connectivity index (χ2v) is 4.75. The van der Waals surface area contributed by atoms with E-state index in [4.69, 9.17) is 21.4 Å². The second kappa shape index (κ2) is 5.33. The topological polar surface area (TPSA) is 46.5 Å². The monoisotopic (exact) mass is 276 g/mol. The van der Waals surface area contributed by atoms with Gasteiger partial charge in [0.05, 0.1) is 5.02 Å². The fourth-order valence-corrected chi connectivity index (χ4v) is 2.10. The molecule has 1 N–H and O–H groups in total. The number of para-hydroxylation sites is 1. The Labute approximate surface area is 116 Å². The highest BCUT2D eigenvalue weighted by atomic mass is 35.5. The Morgan fingerprint density at radius 1 is 1.16 bits per heavy atom. The molecular weight excluding hydrogens is 264 g/mol. The smallest absolute Gasteiger partial charge is 0.339 e. The summed E-state index contributed by atoms with van der Waals surface area (Å²) in [5.74, 6) is -0.323. The molecule has 2 aromatic carbocycles. The summed E-state index contributed by atoms with van der Waals surface area (Å²) in [6, 6.07) is 10.3. The Hall–Kier alpha value is -2.00. The Bertz CT molecular complexity index is 615. The van der Waals surface area contributed by atoms with Crippen molar-refractivity contribution in [1.82, 2.24) is 0 Å². The SMILES string of the molecule is Cc1cc(C)cc(Oc2c(Cl)cccc2C(=O)O)c1. The lowest BCUT2D eigenvalue weighted by Crippen LogP contribution is -2.00. The molecule has 2 aromatic rings. The molecule has 98 valence electrons. The molecule has 0 aromatic heterocycles. The van der Waals surface area contributed by atoms with Crippen molar-refractivity contribution in [2.24, 2.45) is 0 Å². The molecule has 0 bridgehead atoms. The van der Waals surface area contributed by atoms with Crippen LogP contribution in [0.2, 0.25) is 5.02 Å². The highest BCUT2D eigenvalue weighted by molar-refractivity contribution is 6.32. The zero-order chi connectivity index (χ0) is 14.0. The van der Waals surface area contributed by atoms with Crippen LogP contribution < -0.4 is 4.74 Å². The molecule has 0 fully saturated rings. The minimum atomic E-state index is -1.07. The number of aromatic carboxylic acids is 1. The molecule has 0 heterocycles. The summed E-state index contributed by atoms with van der Waals surface area (Å²) in [6.45, 7) is 3.90. The Morgan fingerprint density at radius 2 is 1.79 bits per heavy atom. The van der Waals surface area contributed by atoms with E-state index in [0.29, 0.717) is 5.75 Å². The average molecular weight is 277 g/mol. The molecule has 0 saturated carbocycles. The summed E-state index contributed by atoms with van der Waals surface area (Å²) in [5, 5.41) is 9.42. The van der Waals surface area contributed by atoms with Gasteiger partial charge in [-0.15, -0.1) is 0 Å². The van der Waals surface area contributed by atoms with Gasteiger partial charge in [0, 0.05) is 0 Å². The van der Waals surface area contributed by atoms with Gasteiger partial charge in [-0.3, -0.25) is 0 Å². The van der Waals surface area contributed by atoms with E-state index in [2.05, 4.69) is 0 Å². The Morgan fingerprint density at radius 3 is 2.37 bits per heavy atom. The van der Waals surface area contributed by atoms with Crippen LogP contribution in [0.4, 0.5) is 0 Å². The number of hydrogen-bond acceptors (Lipinski definition) is 2. The molecule has 4 heteroatoms. The summed E-state index contributed by atoms with van der Waals surface area (Å²) in [7, 11) is 0. The third-order valence-electron chi connectivity index (χ3n) is 2.61. The number of carboxylic acid groups (broad SMARTS) is 1. The van der Waals surface area contributed by atoms with Crippen molar-refractivity contribution < 1.29 is 14.6 Å². The predicted molar refractivity (Wildman–Crippen MR) is 74.4 cm³/mol. The maximum Gasteiger partial charge on any atom is 0.339 e. The molecule has 0 radical (unpaired) electrons. The van der Waals surface area contributed by atoms with E-state index in [9.17, 15) is 4.79 Å². The van der Waals surface area contributed by atoms with Crippen molar-refractivity contribution in [1.29, 1.82) is 0 Å².